The average Bonchev–Trinajstić information content (AvgIpc) is 3.42. The van der Waals surface area contributed by atoms with Crippen LogP contribution < -0.4 is 0 Å². The largest absolute Gasteiger partial charge is 0.457 e. The number of benzene rings is 1. The van der Waals surface area contributed by atoms with Crippen molar-refractivity contribution in [3.05, 3.63) is 46.2 Å². The number of cyclic esters (lactones) is 2. The van der Waals surface area contributed by atoms with Gasteiger partial charge in [-0.05, 0) is 55.5 Å². The summed E-state index contributed by atoms with van der Waals surface area (Å²) < 4.78 is 10.1. The molecule has 8 heteroatoms. The lowest BCUT2D eigenvalue weighted by Crippen LogP contribution is -2.43. The molecule has 0 aromatic heterocycles. The van der Waals surface area contributed by atoms with Gasteiger partial charge in [-0.3, -0.25) is 4.79 Å². The van der Waals surface area contributed by atoms with Gasteiger partial charge in [0.05, 0.1) is 17.4 Å². The number of aliphatic hydroxyl groups excluding tert-OH is 1. The summed E-state index contributed by atoms with van der Waals surface area (Å²) >= 11 is 0. The minimum Gasteiger partial charge on any atom is -0.457 e. The number of carbonyl (C=O) groups is 3. The van der Waals surface area contributed by atoms with E-state index in [1.54, 1.807) is 11.0 Å². The zero-order valence-electron chi connectivity index (χ0n) is 17.6. The van der Waals surface area contributed by atoms with Crippen LogP contribution in [0.15, 0.2) is 23.9 Å². The maximum Gasteiger partial charge on any atom is 0.338 e. The summed E-state index contributed by atoms with van der Waals surface area (Å²) in [5.41, 5.74) is 3.80. The Morgan fingerprint density at radius 2 is 1.90 bits per heavy atom. The van der Waals surface area contributed by atoms with Gasteiger partial charge in [0.15, 0.2) is 0 Å². The molecule has 164 valence electrons. The number of hydrogen-bond donors (Lipinski definition) is 1. The van der Waals surface area contributed by atoms with Crippen LogP contribution in [0.5, 0.6) is 0 Å². The number of fused-ring (bicyclic) bond motifs is 1. The van der Waals surface area contributed by atoms with Crippen LogP contribution in [-0.4, -0.2) is 65.5 Å². The predicted octanol–water partition coefficient (Wildman–Crippen LogP) is 1.45. The van der Waals surface area contributed by atoms with Gasteiger partial charge in [-0.1, -0.05) is 6.07 Å². The molecule has 0 radical (unpaired) electrons. The van der Waals surface area contributed by atoms with Crippen LogP contribution in [0, 0.1) is 12.3 Å². The van der Waals surface area contributed by atoms with Crippen molar-refractivity contribution in [2.45, 2.75) is 38.9 Å². The fraction of sp³-hybridized carbons (Fsp3) is 0.522. The van der Waals surface area contributed by atoms with Gasteiger partial charge in [0.1, 0.15) is 13.2 Å². The molecule has 1 N–H and O–H groups in total. The van der Waals surface area contributed by atoms with Crippen LogP contribution >= 0.6 is 0 Å². The molecule has 2 fully saturated rings. The molecule has 5 rings (SSSR count). The molecule has 0 saturated carbocycles. The average molecular weight is 426 g/mol. The summed E-state index contributed by atoms with van der Waals surface area (Å²) in [7, 11) is 0. The second kappa shape index (κ2) is 7.46. The molecule has 0 bridgehead atoms. The number of hydrogen-bond acceptors (Lipinski definition) is 7. The van der Waals surface area contributed by atoms with Crippen molar-refractivity contribution >= 4 is 17.8 Å². The van der Waals surface area contributed by atoms with Gasteiger partial charge in [-0.2, -0.15) is 0 Å². The van der Waals surface area contributed by atoms with E-state index in [-0.39, 0.29) is 36.5 Å². The number of piperidine rings is 1. The molecule has 31 heavy (non-hydrogen) atoms. The molecule has 2 saturated heterocycles. The Kier molecular flexibility index (Phi) is 4.86. The first-order valence-corrected chi connectivity index (χ1v) is 10.7. The Hall–Kier alpha value is -2.71. The Morgan fingerprint density at radius 1 is 1.13 bits per heavy atom. The van der Waals surface area contributed by atoms with E-state index in [1.807, 2.05) is 13.0 Å². The summed E-state index contributed by atoms with van der Waals surface area (Å²) in [6.45, 7) is 5.12. The van der Waals surface area contributed by atoms with E-state index >= 15 is 0 Å². The van der Waals surface area contributed by atoms with Gasteiger partial charge < -0.3 is 24.4 Å². The van der Waals surface area contributed by atoms with E-state index in [2.05, 4.69) is 4.90 Å². The maximum absolute atomic E-state index is 12.6. The standard InChI is InChI=1S/C23H26N2O6/c1-14-16(2-3-17-18(14)12-31-22(17)29)19(26)10-24-6-4-23(5-7-24)9-20(27)25(13-23)15-8-21(28)30-11-15/h2-3,8,19,26H,4-7,9-13H2,1H3/t19-/m1/s1. The van der Waals surface area contributed by atoms with Gasteiger partial charge in [-0.15, -0.1) is 0 Å². The normalized spacial score (nSPS) is 23.7. The highest BCUT2D eigenvalue weighted by Crippen LogP contribution is 2.43. The second-order valence-electron chi connectivity index (χ2n) is 9.10. The number of esters is 2. The third kappa shape index (κ3) is 3.53. The summed E-state index contributed by atoms with van der Waals surface area (Å²) in [4.78, 5) is 39.6. The van der Waals surface area contributed by atoms with Crippen molar-refractivity contribution in [1.82, 2.24) is 9.80 Å². The van der Waals surface area contributed by atoms with Crippen LogP contribution in [0.4, 0.5) is 0 Å². The van der Waals surface area contributed by atoms with Gasteiger partial charge >= 0.3 is 11.9 Å². The fourth-order valence-corrected chi connectivity index (χ4v) is 5.29. The minimum atomic E-state index is -0.649. The number of rotatable bonds is 4. The second-order valence-corrected chi connectivity index (χ2v) is 9.10. The van der Waals surface area contributed by atoms with Gasteiger partial charge in [0.25, 0.3) is 0 Å². The third-order valence-corrected chi connectivity index (χ3v) is 7.23. The minimum absolute atomic E-state index is 0.0589. The van der Waals surface area contributed by atoms with Crippen molar-refractivity contribution in [2.75, 3.05) is 32.8 Å². The Labute approximate surface area is 180 Å². The van der Waals surface area contributed by atoms with Crippen LogP contribution in [0.1, 0.15) is 52.4 Å². The fourth-order valence-electron chi connectivity index (χ4n) is 5.29. The molecule has 1 spiro atoms. The van der Waals surface area contributed by atoms with E-state index in [1.165, 1.54) is 6.08 Å². The smallest absolute Gasteiger partial charge is 0.338 e. The number of nitrogens with zero attached hydrogens (tertiary/aromatic N) is 2. The van der Waals surface area contributed by atoms with Gasteiger partial charge in [-0.25, -0.2) is 9.59 Å². The topological polar surface area (TPSA) is 96.4 Å². The highest BCUT2D eigenvalue weighted by atomic mass is 16.5. The summed E-state index contributed by atoms with van der Waals surface area (Å²) in [6.07, 6.45) is 3.00. The zero-order chi connectivity index (χ0) is 21.8. The van der Waals surface area contributed by atoms with Crippen LogP contribution in [-0.2, 0) is 25.7 Å². The molecular weight excluding hydrogens is 400 g/mol. The van der Waals surface area contributed by atoms with Crippen molar-refractivity contribution in [1.29, 1.82) is 0 Å². The Morgan fingerprint density at radius 3 is 2.61 bits per heavy atom. The monoisotopic (exact) mass is 426 g/mol. The molecule has 1 atom stereocenters. The van der Waals surface area contributed by atoms with Gasteiger partial charge in [0.2, 0.25) is 5.91 Å². The molecule has 4 aliphatic heterocycles. The first-order valence-electron chi connectivity index (χ1n) is 10.7. The van der Waals surface area contributed by atoms with Crippen LogP contribution in [0.2, 0.25) is 0 Å². The zero-order valence-corrected chi connectivity index (χ0v) is 17.6. The number of amides is 1. The predicted molar refractivity (Wildman–Crippen MR) is 109 cm³/mol. The van der Waals surface area contributed by atoms with Crippen molar-refractivity contribution in [2.24, 2.45) is 5.41 Å². The SMILES string of the molecule is Cc1c([C@H](O)CN2CCC3(CC2)CC(=O)N(C2=CC(=O)OC2)C3)ccc2c1COC2=O. The lowest BCUT2D eigenvalue weighted by Gasteiger charge is -2.39. The molecule has 1 aromatic carbocycles. The van der Waals surface area contributed by atoms with Crippen molar-refractivity contribution in [3.63, 3.8) is 0 Å². The Balaban J connectivity index is 1.21. The maximum atomic E-state index is 12.6. The van der Waals surface area contributed by atoms with E-state index in [0.717, 1.165) is 42.6 Å². The van der Waals surface area contributed by atoms with Gasteiger partial charge in [0, 0.05) is 31.1 Å². The first-order chi connectivity index (χ1) is 14.8. The van der Waals surface area contributed by atoms with E-state index in [0.29, 0.717) is 30.8 Å². The highest BCUT2D eigenvalue weighted by Gasteiger charge is 2.46. The molecule has 0 aliphatic carbocycles. The number of likely N-dealkylation sites (tertiary alicyclic amines) is 2. The highest BCUT2D eigenvalue weighted by molar-refractivity contribution is 5.94. The number of aliphatic hydroxyl groups is 1. The lowest BCUT2D eigenvalue weighted by molar-refractivity contribution is -0.135. The number of β-amino-alcohol motifs (C(OH)–C–C–N with tert-alkyl or cyclic N) is 1. The van der Waals surface area contributed by atoms with E-state index < -0.39 is 6.10 Å². The van der Waals surface area contributed by atoms with Crippen LogP contribution in [0.3, 0.4) is 0 Å². The molecular formula is C23H26N2O6. The lowest BCUT2D eigenvalue weighted by atomic mass is 9.77. The summed E-state index contributed by atoms with van der Waals surface area (Å²) in [6, 6.07) is 3.56. The molecule has 1 aromatic rings. The molecule has 4 heterocycles. The summed E-state index contributed by atoms with van der Waals surface area (Å²) in [5.74, 6) is -0.626. The summed E-state index contributed by atoms with van der Waals surface area (Å²) in [5, 5.41) is 10.9. The Bertz CT molecular complexity index is 992. The first kappa shape index (κ1) is 20.2. The van der Waals surface area contributed by atoms with E-state index in [4.69, 9.17) is 9.47 Å². The third-order valence-electron chi connectivity index (χ3n) is 7.23. The molecule has 1 amide bonds. The quantitative estimate of drug-likeness (QED) is 0.728. The van der Waals surface area contributed by atoms with E-state index in [9.17, 15) is 19.5 Å². The molecule has 8 nitrogen and oxygen atoms in total. The van der Waals surface area contributed by atoms with Crippen molar-refractivity contribution < 1.29 is 29.0 Å². The number of ether oxygens (including phenoxy) is 2. The molecule has 4 aliphatic rings. The van der Waals surface area contributed by atoms with Crippen molar-refractivity contribution in [3.8, 4) is 0 Å². The number of carbonyl (C=O) groups excluding carboxylic acids is 3. The molecule has 0 unspecified atom stereocenters. The van der Waals surface area contributed by atoms with Crippen LogP contribution in [0.25, 0.3) is 0 Å².